The average molecular weight is 297 g/mol. The van der Waals surface area contributed by atoms with E-state index in [0.717, 1.165) is 22.8 Å². The summed E-state index contributed by atoms with van der Waals surface area (Å²) in [6.07, 6.45) is 3.82. The van der Waals surface area contributed by atoms with Crippen LogP contribution in [-0.4, -0.2) is 11.9 Å². The summed E-state index contributed by atoms with van der Waals surface area (Å²) in [4.78, 5) is 1.32. The van der Waals surface area contributed by atoms with Gasteiger partial charge in [-0.05, 0) is 31.5 Å². The Morgan fingerprint density at radius 1 is 1.29 bits per heavy atom. The summed E-state index contributed by atoms with van der Waals surface area (Å²) in [6.45, 7) is 2.05. The van der Waals surface area contributed by atoms with Crippen LogP contribution in [0.4, 0.5) is 0 Å². The van der Waals surface area contributed by atoms with Crippen molar-refractivity contribution in [2.24, 2.45) is 0 Å². The highest BCUT2D eigenvalue weighted by molar-refractivity contribution is 9.09. The first kappa shape index (κ1) is 12.5. The molecule has 0 unspecified atom stereocenters. The molecule has 4 heteroatoms. The predicted octanol–water partition coefficient (Wildman–Crippen LogP) is 4.06. The Morgan fingerprint density at radius 3 is 2.79 bits per heavy atom. The highest BCUT2D eigenvalue weighted by Crippen LogP contribution is 2.20. The lowest BCUT2D eigenvalue weighted by Gasteiger charge is -2.01. The summed E-state index contributed by atoms with van der Waals surface area (Å²) in [5.74, 6) is 0. The third kappa shape index (κ3) is 5.35. The van der Waals surface area contributed by atoms with Crippen LogP contribution in [0.2, 0.25) is 4.34 Å². The van der Waals surface area contributed by atoms with Crippen molar-refractivity contribution >= 4 is 38.9 Å². The van der Waals surface area contributed by atoms with E-state index in [9.17, 15) is 0 Å². The number of nitrogens with one attached hydrogen (secondary N) is 1. The van der Waals surface area contributed by atoms with Crippen molar-refractivity contribution in [1.29, 1.82) is 0 Å². The molecule has 1 aromatic heterocycles. The molecule has 0 saturated carbocycles. The molecule has 0 fully saturated rings. The van der Waals surface area contributed by atoms with Gasteiger partial charge in [0.1, 0.15) is 0 Å². The second-order valence-electron chi connectivity index (χ2n) is 3.13. The highest BCUT2D eigenvalue weighted by atomic mass is 79.9. The molecular weight excluding hydrogens is 282 g/mol. The Bertz CT molecular complexity index is 252. The minimum atomic E-state index is 0.876. The van der Waals surface area contributed by atoms with Crippen LogP contribution in [-0.2, 0) is 6.54 Å². The molecule has 0 aliphatic heterocycles. The Labute approximate surface area is 103 Å². The summed E-state index contributed by atoms with van der Waals surface area (Å²) >= 11 is 10.9. The molecule has 0 atom stereocenters. The molecule has 0 bridgehead atoms. The van der Waals surface area contributed by atoms with Gasteiger partial charge in [-0.2, -0.15) is 0 Å². The zero-order valence-corrected chi connectivity index (χ0v) is 11.2. The number of hydrogen-bond donors (Lipinski definition) is 1. The molecule has 1 aromatic rings. The van der Waals surface area contributed by atoms with Gasteiger partial charge >= 0.3 is 0 Å². The van der Waals surface area contributed by atoms with Gasteiger partial charge in [0.15, 0.2) is 0 Å². The lowest BCUT2D eigenvalue weighted by Crippen LogP contribution is -2.13. The summed E-state index contributed by atoms with van der Waals surface area (Å²) in [5, 5.41) is 4.53. The van der Waals surface area contributed by atoms with E-state index < -0.39 is 0 Å². The molecule has 0 spiro atoms. The summed E-state index contributed by atoms with van der Waals surface area (Å²) in [6, 6.07) is 4.03. The lowest BCUT2D eigenvalue weighted by molar-refractivity contribution is 0.623. The zero-order chi connectivity index (χ0) is 10.2. The molecule has 0 saturated heterocycles. The van der Waals surface area contributed by atoms with E-state index in [1.165, 1.54) is 24.1 Å². The van der Waals surface area contributed by atoms with Crippen LogP contribution in [0.5, 0.6) is 0 Å². The standard InChI is InChI=1S/C10H15BrClNS/c11-6-2-1-3-7-13-8-9-4-5-10(12)14-9/h4-5,13H,1-3,6-8H2. The van der Waals surface area contributed by atoms with E-state index in [4.69, 9.17) is 11.6 Å². The van der Waals surface area contributed by atoms with Gasteiger partial charge in [-0.3, -0.25) is 0 Å². The third-order valence-corrected chi connectivity index (χ3v) is 3.71. The molecule has 1 N–H and O–H groups in total. The zero-order valence-electron chi connectivity index (χ0n) is 8.06. The van der Waals surface area contributed by atoms with Crippen LogP contribution in [0.25, 0.3) is 0 Å². The minimum Gasteiger partial charge on any atom is -0.312 e. The maximum Gasteiger partial charge on any atom is 0.0931 e. The molecule has 1 rings (SSSR count). The third-order valence-electron chi connectivity index (χ3n) is 1.92. The number of alkyl halides is 1. The quantitative estimate of drug-likeness (QED) is 0.591. The first-order chi connectivity index (χ1) is 6.83. The van der Waals surface area contributed by atoms with E-state index in [2.05, 4.69) is 27.3 Å². The molecule has 0 aliphatic carbocycles. The smallest absolute Gasteiger partial charge is 0.0931 e. The number of halogens is 2. The normalized spacial score (nSPS) is 10.7. The van der Waals surface area contributed by atoms with Crippen molar-refractivity contribution < 1.29 is 0 Å². The first-order valence-corrected chi connectivity index (χ1v) is 7.15. The molecule has 1 heterocycles. The fourth-order valence-corrected chi connectivity index (χ4v) is 2.63. The van der Waals surface area contributed by atoms with E-state index in [0.29, 0.717) is 0 Å². The molecule has 0 amide bonds. The van der Waals surface area contributed by atoms with Crippen molar-refractivity contribution in [2.45, 2.75) is 25.8 Å². The Balaban J connectivity index is 1.99. The minimum absolute atomic E-state index is 0.876. The maximum atomic E-state index is 5.83. The van der Waals surface area contributed by atoms with Crippen LogP contribution >= 0.6 is 38.9 Å². The van der Waals surface area contributed by atoms with E-state index in [1.54, 1.807) is 11.3 Å². The van der Waals surface area contributed by atoms with Gasteiger partial charge in [-0.25, -0.2) is 0 Å². The largest absolute Gasteiger partial charge is 0.312 e. The average Bonchev–Trinajstić information content (AvgIpc) is 2.58. The second-order valence-corrected chi connectivity index (χ2v) is 5.72. The van der Waals surface area contributed by atoms with Crippen molar-refractivity contribution in [3.8, 4) is 0 Å². The molecule has 0 radical (unpaired) electrons. The summed E-state index contributed by atoms with van der Waals surface area (Å²) < 4.78 is 0.876. The van der Waals surface area contributed by atoms with E-state index in [-0.39, 0.29) is 0 Å². The van der Waals surface area contributed by atoms with Gasteiger partial charge in [0.05, 0.1) is 4.34 Å². The Hall–Kier alpha value is 0.430. The fourth-order valence-electron chi connectivity index (χ4n) is 1.18. The van der Waals surface area contributed by atoms with Gasteiger partial charge in [-0.15, -0.1) is 11.3 Å². The SMILES string of the molecule is Clc1ccc(CNCCCCCBr)s1. The second kappa shape index (κ2) is 7.69. The van der Waals surface area contributed by atoms with Gasteiger partial charge in [0, 0.05) is 16.8 Å². The molecule has 1 nitrogen and oxygen atoms in total. The van der Waals surface area contributed by atoms with Crippen LogP contribution in [0, 0.1) is 0 Å². The predicted molar refractivity (Wildman–Crippen MR) is 68.7 cm³/mol. The number of hydrogen-bond acceptors (Lipinski definition) is 2. The monoisotopic (exact) mass is 295 g/mol. The highest BCUT2D eigenvalue weighted by Gasteiger charge is 1.96. The number of rotatable bonds is 7. The molecule has 0 aromatic carbocycles. The van der Waals surface area contributed by atoms with E-state index >= 15 is 0 Å². The number of unbranched alkanes of at least 4 members (excludes halogenated alkanes) is 2. The summed E-state index contributed by atoms with van der Waals surface area (Å²) in [7, 11) is 0. The topological polar surface area (TPSA) is 12.0 Å². The Morgan fingerprint density at radius 2 is 2.14 bits per heavy atom. The maximum absolute atomic E-state index is 5.83. The van der Waals surface area contributed by atoms with Gasteiger partial charge in [0.2, 0.25) is 0 Å². The Kier molecular flexibility index (Phi) is 6.86. The first-order valence-electron chi connectivity index (χ1n) is 4.84. The van der Waals surface area contributed by atoms with Crippen molar-refractivity contribution in [2.75, 3.05) is 11.9 Å². The number of thiophene rings is 1. The van der Waals surface area contributed by atoms with Gasteiger partial charge in [-0.1, -0.05) is 34.0 Å². The van der Waals surface area contributed by atoms with Gasteiger partial charge < -0.3 is 5.32 Å². The molecule has 14 heavy (non-hydrogen) atoms. The van der Waals surface area contributed by atoms with Crippen molar-refractivity contribution in [1.82, 2.24) is 5.32 Å². The molecule has 80 valence electrons. The lowest BCUT2D eigenvalue weighted by atomic mass is 10.2. The van der Waals surface area contributed by atoms with Crippen LogP contribution in [0.1, 0.15) is 24.1 Å². The van der Waals surface area contributed by atoms with Gasteiger partial charge in [0.25, 0.3) is 0 Å². The fraction of sp³-hybridized carbons (Fsp3) is 0.600. The van der Waals surface area contributed by atoms with Crippen molar-refractivity contribution in [3.63, 3.8) is 0 Å². The van der Waals surface area contributed by atoms with Crippen LogP contribution in [0.3, 0.4) is 0 Å². The van der Waals surface area contributed by atoms with E-state index in [1.807, 2.05) is 6.07 Å². The summed E-state index contributed by atoms with van der Waals surface area (Å²) in [5.41, 5.74) is 0. The van der Waals surface area contributed by atoms with Crippen molar-refractivity contribution in [3.05, 3.63) is 21.3 Å². The molecule has 0 aliphatic rings. The molecular formula is C10H15BrClNS. The van der Waals surface area contributed by atoms with Crippen LogP contribution in [0.15, 0.2) is 12.1 Å². The van der Waals surface area contributed by atoms with Crippen LogP contribution < -0.4 is 5.32 Å².